The molecule has 14 rings (SSSR count). The number of aromatic nitrogens is 4. The second-order valence-electron chi connectivity index (χ2n) is 23.3. The Bertz CT molecular complexity index is 4360. The van der Waals surface area contributed by atoms with Crippen LogP contribution in [0.2, 0.25) is 0 Å². The van der Waals surface area contributed by atoms with E-state index in [9.17, 15) is 0 Å². The van der Waals surface area contributed by atoms with Crippen LogP contribution in [0.3, 0.4) is 0 Å². The Hall–Kier alpha value is -8.11. The molecule has 0 amide bonds. The first-order valence-corrected chi connectivity index (χ1v) is 27.0. The van der Waals surface area contributed by atoms with Gasteiger partial charge >= 0.3 is 0 Å². The second kappa shape index (κ2) is 18.5. The number of pyridine rings is 1. The third-order valence-corrected chi connectivity index (χ3v) is 16.6. The number of ether oxygens (including phenoxy) is 1. The summed E-state index contributed by atoms with van der Waals surface area (Å²) in [6, 6.07) is 77.5. The van der Waals surface area contributed by atoms with E-state index in [0.29, 0.717) is 11.5 Å². The van der Waals surface area contributed by atoms with Crippen molar-refractivity contribution in [1.82, 2.24) is 14.1 Å². The fourth-order valence-corrected chi connectivity index (χ4v) is 12.8. The summed E-state index contributed by atoms with van der Waals surface area (Å²) in [7, 11) is 0. The number of imidazole rings is 1. The molecule has 2 aliphatic carbocycles. The molecule has 0 atom stereocenters. The van der Waals surface area contributed by atoms with Gasteiger partial charge in [0.15, 0.2) is 0 Å². The van der Waals surface area contributed by atoms with Crippen molar-refractivity contribution in [3.05, 3.63) is 235 Å². The predicted molar refractivity (Wildman–Crippen MR) is 315 cm³/mol. The zero-order chi connectivity index (χ0) is 52.4. The van der Waals surface area contributed by atoms with Crippen LogP contribution in [0.25, 0.3) is 106 Å². The van der Waals surface area contributed by atoms with Gasteiger partial charge in [0.2, 0.25) is 0 Å². The maximum Gasteiger partial charge on any atom is 0.268 e. The van der Waals surface area contributed by atoms with Crippen molar-refractivity contribution in [1.29, 1.82) is 0 Å². The first kappa shape index (κ1) is 49.5. The Kier molecular flexibility index (Phi) is 11.8. The summed E-state index contributed by atoms with van der Waals surface area (Å²) in [6.07, 6.45) is 8.08. The average Bonchev–Trinajstić information content (AvgIpc) is 2.69. The molecular formula is C72H58N4OPt-2. The third kappa shape index (κ3) is 7.84. The van der Waals surface area contributed by atoms with Crippen molar-refractivity contribution in [2.45, 2.75) is 77.6 Å². The number of para-hydroxylation sites is 3. The number of hydrogen-bond acceptors (Lipinski definition) is 2. The van der Waals surface area contributed by atoms with Gasteiger partial charge in [-0.05, 0) is 125 Å². The van der Waals surface area contributed by atoms with Crippen LogP contribution in [0.15, 0.2) is 200 Å². The van der Waals surface area contributed by atoms with E-state index >= 15 is 0 Å². The fourth-order valence-electron chi connectivity index (χ4n) is 12.8. The summed E-state index contributed by atoms with van der Waals surface area (Å²) >= 11 is 0. The van der Waals surface area contributed by atoms with E-state index in [-0.39, 0.29) is 37.3 Å². The SMILES string of the molecule is CC(C)(C)c1ccnc(-n2c3[c-]c(Oc4[c-]c(-n5[c-][n+](-c6c7c(c8c(c6-c6ccccc6)C(C)(C)CCC8(C)C)-c6ccccc6-c6ccccc6-c6ccccc6-7)c6ccccc65)ccc4)ccc3c3ccccc32)c1.[Pt]. The van der Waals surface area contributed by atoms with Crippen molar-refractivity contribution in [3.63, 3.8) is 0 Å². The third-order valence-electron chi connectivity index (χ3n) is 16.6. The van der Waals surface area contributed by atoms with Crippen LogP contribution in [-0.2, 0) is 37.3 Å². The molecule has 384 valence electrons. The molecule has 0 bridgehead atoms. The van der Waals surface area contributed by atoms with E-state index in [2.05, 4.69) is 257 Å². The number of benzene rings is 9. The number of rotatable bonds is 6. The standard InChI is InChI=1S/C72H58N4O.Pt/c1-70(2,3)47-38-41-73-63(42-47)76-59-33-18-17-30-55(59)56-37-36-50(44-62(56)76)77-49-25-21-24-48(43-49)74-45-75(61-35-20-19-34-60(61)74)69-64(46-22-9-8-10-23-46)67-68(72(6,7)40-39-71(67,4)5)65-57-31-15-13-28-53(57)51-26-11-12-27-52(51)54-29-14-16-32-58(54)66(65)69;/h8-38,41-42H,39-40H2,1-7H3;/q-2;. The maximum atomic E-state index is 6.82. The van der Waals surface area contributed by atoms with Crippen LogP contribution < -0.4 is 9.30 Å². The van der Waals surface area contributed by atoms with Crippen LogP contribution in [0, 0.1) is 18.5 Å². The van der Waals surface area contributed by atoms with Crippen molar-refractivity contribution in [2.75, 3.05) is 0 Å². The molecule has 78 heavy (non-hydrogen) atoms. The summed E-state index contributed by atoms with van der Waals surface area (Å²) in [5, 5.41) is 2.22. The Balaban J connectivity index is 0.00000579. The number of hydrogen-bond donors (Lipinski definition) is 0. The van der Waals surface area contributed by atoms with Gasteiger partial charge < -0.3 is 13.9 Å². The maximum absolute atomic E-state index is 6.82. The molecule has 0 spiro atoms. The first-order valence-electron chi connectivity index (χ1n) is 27.0. The molecule has 5 nitrogen and oxygen atoms in total. The number of fused-ring (bicyclic) bond motifs is 14. The Morgan fingerprint density at radius 2 is 1.09 bits per heavy atom. The van der Waals surface area contributed by atoms with Gasteiger partial charge in [0.1, 0.15) is 5.82 Å². The van der Waals surface area contributed by atoms with Crippen LogP contribution >= 0.6 is 0 Å². The molecule has 0 N–H and O–H groups in total. The van der Waals surface area contributed by atoms with E-state index < -0.39 is 0 Å². The van der Waals surface area contributed by atoms with Crippen molar-refractivity contribution in [2.24, 2.45) is 0 Å². The van der Waals surface area contributed by atoms with Gasteiger partial charge in [0.05, 0.1) is 16.7 Å². The van der Waals surface area contributed by atoms with E-state index in [1.54, 1.807) is 0 Å². The van der Waals surface area contributed by atoms with Gasteiger partial charge in [-0.25, -0.2) is 4.98 Å². The molecule has 0 unspecified atom stereocenters. The van der Waals surface area contributed by atoms with E-state index in [1.165, 1.54) is 72.3 Å². The van der Waals surface area contributed by atoms with Gasteiger partial charge in [-0.3, -0.25) is 4.57 Å². The van der Waals surface area contributed by atoms with E-state index in [0.717, 1.165) is 62.9 Å². The van der Waals surface area contributed by atoms with Gasteiger partial charge in [0, 0.05) is 49.8 Å². The van der Waals surface area contributed by atoms with E-state index in [1.807, 2.05) is 24.4 Å². The molecule has 2 aliphatic rings. The fraction of sp³-hybridized carbons (Fsp3) is 0.167. The van der Waals surface area contributed by atoms with Gasteiger partial charge in [0.25, 0.3) is 6.33 Å². The first-order chi connectivity index (χ1) is 37.3. The molecule has 12 aromatic rings. The second-order valence-corrected chi connectivity index (χ2v) is 23.3. The predicted octanol–water partition coefficient (Wildman–Crippen LogP) is 17.9. The van der Waals surface area contributed by atoms with Crippen LogP contribution in [0.1, 0.15) is 78.0 Å². The molecule has 3 heterocycles. The minimum Gasteiger partial charge on any atom is -0.510 e. The Labute approximate surface area is 471 Å². The zero-order valence-corrected chi connectivity index (χ0v) is 47.3. The monoisotopic (exact) mass is 1190 g/mol. The average molecular weight is 1190 g/mol. The molecule has 0 saturated carbocycles. The minimum absolute atomic E-state index is 0. The topological polar surface area (TPSA) is 35.9 Å². The van der Waals surface area contributed by atoms with Crippen LogP contribution in [0.5, 0.6) is 11.5 Å². The molecule has 3 aromatic heterocycles. The van der Waals surface area contributed by atoms with Crippen LogP contribution in [-0.4, -0.2) is 14.1 Å². The summed E-state index contributed by atoms with van der Waals surface area (Å²) < 4.78 is 13.6. The molecule has 9 aromatic carbocycles. The molecule has 0 radical (unpaired) electrons. The minimum atomic E-state index is -0.172. The molecular weight excluding hydrogens is 1130 g/mol. The molecule has 0 saturated heterocycles. The summed E-state index contributed by atoms with van der Waals surface area (Å²) in [5.41, 5.74) is 21.9. The summed E-state index contributed by atoms with van der Waals surface area (Å²) in [4.78, 5) is 4.91. The van der Waals surface area contributed by atoms with Gasteiger partial charge in [-0.1, -0.05) is 200 Å². The van der Waals surface area contributed by atoms with Crippen molar-refractivity contribution < 1.29 is 30.4 Å². The van der Waals surface area contributed by atoms with E-state index in [4.69, 9.17) is 9.72 Å². The Morgan fingerprint density at radius 3 is 1.77 bits per heavy atom. The number of nitrogens with zero attached hydrogens (tertiary/aromatic N) is 4. The van der Waals surface area contributed by atoms with Crippen molar-refractivity contribution in [3.8, 4) is 84.3 Å². The van der Waals surface area contributed by atoms with Crippen molar-refractivity contribution >= 4 is 32.8 Å². The summed E-state index contributed by atoms with van der Waals surface area (Å²) in [6.45, 7) is 16.6. The van der Waals surface area contributed by atoms with Crippen LogP contribution in [0.4, 0.5) is 0 Å². The molecule has 0 fully saturated rings. The smallest absolute Gasteiger partial charge is 0.268 e. The van der Waals surface area contributed by atoms with Gasteiger partial charge in [-0.15, -0.1) is 29.7 Å². The molecule has 0 aliphatic heterocycles. The summed E-state index contributed by atoms with van der Waals surface area (Å²) in [5.74, 6) is 2.01. The molecule has 6 heteroatoms. The zero-order valence-electron chi connectivity index (χ0n) is 45.0. The Morgan fingerprint density at radius 1 is 0.526 bits per heavy atom. The normalized spacial score (nSPS) is 14.1. The quantitative estimate of drug-likeness (QED) is 0.123. The largest absolute Gasteiger partial charge is 0.510 e. The van der Waals surface area contributed by atoms with Gasteiger partial charge in [-0.2, -0.15) is 18.2 Å².